The van der Waals surface area contributed by atoms with Gasteiger partial charge in [0.2, 0.25) is 5.91 Å². The van der Waals surface area contributed by atoms with Crippen molar-refractivity contribution >= 4 is 28.3 Å². The number of H-pyrrole nitrogens is 1. The standard InChI is InChI=1S/C21H19FN2O3/c1-12-3-4-14(13(2)25)10-18(12)23-20(26)8-6-16-9-15-5-7-17(22)11-19(15)24-21(16)27/h3-5,7,9-11H,6,8H2,1-2H3,(H,23,26)(H,24,27). The zero-order valence-electron chi connectivity index (χ0n) is 15.1. The number of hydrogen-bond donors (Lipinski definition) is 2. The van der Waals surface area contributed by atoms with E-state index in [4.69, 9.17) is 0 Å². The molecule has 0 saturated heterocycles. The molecule has 138 valence electrons. The topological polar surface area (TPSA) is 79.0 Å². The van der Waals surface area contributed by atoms with Gasteiger partial charge in [0, 0.05) is 23.2 Å². The van der Waals surface area contributed by atoms with Gasteiger partial charge in [-0.05, 0) is 61.5 Å². The lowest BCUT2D eigenvalue weighted by Crippen LogP contribution is -2.17. The second-order valence-electron chi connectivity index (χ2n) is 6.49. The lowest BCUT2D eigenvalue weighted by molar-refractivity contribution is -0.116. The molecule has 0 fully saturated rings. The lowest BCUT2D eigenvalue weighted by atomic mass is 10.1. The van der Waals surface area contributed by atoms with Crippen molar-refractivity contribution in [1.82, 2.24) is 4.98 Å². The maximum absolute atomic E-state index is 13.2. The largest absolute Gasteiger partial charge is 0.326 e. The highest BCUT2D eigenvalue weighted by Crippen LogP contribution is 2.18. The van der Waals surface area contributed by atoms with E-state index < -0.39 is 5.82 Å². The molecule has 0 spiro atoms. The first-order chi connectivity index (χ1) is 12.8. The minimum atomic E-state index is -0.423. The second kappa shape index (κ2) is 7.53. The molecular weight excluding hydrogens is 347 g/mol. The fourth-order valence-corrected chi connectivity index (χ4v) is 2.84. The maximum atomic E-state index is 13.2. The number of Topliss-reactive ketones (excluding diaryl/α,β-unsaturated/α-hetero) is 1. The van der Waals surface area contributed by atoms with Gasteiger partial charge in [0.05, 0.1) is 5.52 Å². The predicted octanol–water partition coefficient (Wildman–Crippen LogP) is 3.75. The quantitative estimate of drug-likeness (QED) is 0.675. The lowest BCUT2D eigenvalue weighted by Gasteiger charge is -2.10. The van der Waals surface area contributed by atoms with Gasteiger partial charge in [-0.25, -0.2) is 4.39 Å². The summed E-state index contributed by atoms with van der Waals surface area (Å²) in [5.74, 6) is -0.754. The summed E-state index contributed by atoms with van der Waals surface area (Å²) in [7, 11) is 0. The molecule has 3 rings (SSSR count). The maximum Gasteiger partial charge on any atom is 0.251 e. The number of aryl methyl sites for hydroxylation is 2. The number of carbonyl (C=O) groups is 2. The van der Waals surface area contributed by atoms with E-state index in [2.05, 4.69) is 10.3 Å². The number of carbonyl (C=O) groups excluding carboxylic acids is 2. The molecule has 1 heterocycles. The summed E-state index contributed by atoms with van der Waals surface area (Å²) in [4.78, 5) is 38.6. The van der Waals surface area contributed by atoms with Crippen LogP contribution in [0.15, 0.2) is 47.3 Å². The number of pyridine rings is 1. The van der Waals surface area contributed by atoms with Crippen LogP contribution in [0, 0.1) is 12.7 Å². The molecule has 1 amide bonds. The van der Waals surface area contributed by atoms with Crippen LogP contribution in [0.1, 0.15) is 34.8 Å². The van der Waals surface area contributed by atoms with Gasteiger partial charge in [0.25, 0.3) is 5.56 Å². The van der Waals surface area contributed by atoms with Crippen LogP contribution in [0.4, 0.5) is 10.1 Å². The van der Waals surface area contributed by atoms with E-state index in [0.717, 1.165) is 5.56 Å². The third-order valence-electron chi connectivity index (χ3n) is 4.42. The Morgan fingerprint density at radius 1 is 1.11 bits per heavy atom. The van der Waals surface area contributed by atoms with E-state index in [1.807, 2.05) is 6.92 Å². The Morgan fingerprint density at radius 2 is 1.89 bits per heavy atom. The Labute approximate surface area is 155 Å². The van der Waals surface area contributed by atoms with Crippen LogP contribution in [0.5, 0.6) is 0 Å². The Balaban J connectivity index is 1.73. The molecular formula is C21H19FN2O3. The average molecular weight is 366 g/mol. The number of aromatic nitrogens is 1. The number of nitrogens with one attached hydrogen (secondary N) is 2. The third kappa shape index (κ3) is 4.28. The number of hydrogen-bond acceptors (Lipinski definition) is 3. The van der Waals surface area contributed by atoms with Crippen molar-refractivity contribution in [3.8, 4) is 0 Å². The predicted molar refractivity (Wildman–Crippen MR) is 103 cm³/mol. The number of aromatic amines is 1. The Bertz CT molecular complexity index is 1100. The molecule has 27 heavy (non-hydrogen) atoms. The van der Waals surface area contributed by atoms with Crippen molar-refractivity contribution in [2.75, 3.05) is 5.32 Å². The fourth-order valence-electron chi connectivity index (χ4n) is 2.84. The summed E-state index contributed by atoms with van der Waals surface area (Å²) in [6, 6.07) is 11.0. The van der Waals surface area contributed by atoms with E-state index in [1.54, 1.807) is 30.3 Å². The van der Waals surface area contributed by atoms with Gasteiger partial charge in [-0.1, -0.05) is 12.1 Å². The van der Waals surface area contributed by atoms with Crippen molar-refractivity contribution in [2.24, 2.45) is 0 Å². The number of amides is 1. The van der Waals surface area contributed by atoms with E-state index in [-0.39, 0.29) is 30.1 Å². The minimum Gasteiger partial charge on any atom is -0.326 e. The first-order valence-corrected chi connectivity index (χ1v) is 8.56. The molecule has 0 bridgehead atoms. The first kappa shape index (κ1) is 18.5. The van der Waals surface area contributed by atoms with Crippen molar-refractivity contribution in [3.05, 3.63) is 75.3 Å². The van der Waals surface area contributed by atoms with Gasteiger partial charge in [0.15, 0.2) is 5.78 Å². The molecule has 0 saturated carbocycles. The van der Waals surface area contributed by atoms with Crippen LogP contribution in [0.2, 0.25) is 0 Å². The normalized spacial score (nSPS) is 10.8. The summed E-state index contributed by atoms with van der Waals surface area (Å²) < 4.78 is 13.2. The number of rotatable bonds is 5. The van der Waals surface area contributed by atoms with Gasteiger partial charge in [-0.3, -0.25) is 14.4 Å². The van der Waals surface area contributed by atoms with Gasteiger partial charge in [0.1, 0.15) is 5.82 Å². The molecule has 0 aliphatic carbocycles. The van der Waals surface area contributed by atoms with Crippen molar-refractivity contribution in [3.63, 3.8) is 0 Å². The molecule has 3 aromatic rings. The van der Waals surface area contributed by atoms with Crippen LogP contribution in [0.25, 0.3) is 10.9 Å². The number of benzene rings is 2. The van der Waals surface area contributed by atoms with E-state index in [9.17, 15) is 18.8 Å². The van der Waals surface area contributed by atoms with Crippen LogP contribution in [-0.4, -0.2) is 16.7 Å². The number of ketones is 1. The number of anilines is 1. The molecule has 5 nitrogen and oxygen atoms in total. The number of halogens is 1. The molecule has 0 radical (unpaired) electrons. The van der Waals surface area contributed by atoms with Gasteiger partial charge >= 0.3 is 0 Å². The molecule has 0 aliphatic heterocycles. The molecule has 0 atom stereocenters. The molecule has 2 N–H and O–H groups in total. The highest BCUT2D eigenvalue weighted by atomic mass is 19.1. The SMILES string of the molecule is CC(=O)c1ccc(C)c(NC(=O)CCc2cc3ccc(F)cc3[nH]c2=O)c1. The third-order valence-corrected chi connectivity index (χ3v) is 4.42. The second-order valence-corrected chi connectivity index (χ2v) is 6.49. The molecule has 2 aromatic carbocycles. The summed E-state index contributed by atoms with van der Waals surface area (Å²) in [6.45, 7) is 3.31. The number of fused-ring (bicyclic) bond motifs is 1. The zero-order valence-corrected chi connectivity index (χ0v) is 15.1. The fraction of sp³-hybridized carbons (Fsp3) is 0.190. The van der Waals surface area contributed by atoms with Crippen LogP contribution >= 0.6 is 0 Å². The summed E-state index contributed by atoms with van der Waals surface area (Å²) in [5.41, 5.74) is 2.49. The minimum absolute atomic E-state index is 0.0790. The zero-order chi connectivity index (χ0) is 19.6. The average Bonchev–Trinajstić information content (AvgIpc) is 2.61. The summed E-state index contributed by atoms with van der Waals surface area (Å²) >= 11 is 0. The molecule has 0 aliphatic rings. The van der Waals surface area contributed by atoms with Crippen LogP contribution < -0.4 is 10.9 Å². The van der Waals surface area contributed by atoms with Crippen molar-refractivity contribution in [2.45, 2.75) is 26.7 Å². The van der Waals surface area contributed by atoms with Gasteiger partial charge in [-0.2, -0.15) is 0 Å². The van der Waals surface area contributed by atoms with Gasteiger partial charge < -0.3 is 10.3 Å². The van der Waals surface area contributed by atoms with E-state index in [1.165, 1.54) is 19.1 Å². The van der Waals surface area contributed by atoms with Crippen LogP contribution in [-0.2, 0) is 11.2 Å². The highest BCUT2D eigenvalue weighted by Gasteiger charge is 2.10. The Hall–Kier alpha value is -3.28. The smallest absolute Gasteiger partial charge is 0.251 e. The highest BCUT2D eigenvalue weighted by molar-refractivity contribution is 5.97. The Kier molecular flexibility index (Phi) is 5.16. The molecule has 0 unspecified atom stereocenters. The van der Waals surface area contributed by atoms with E-state index in [0.29, 0.717) is 27.7 Å². The molecule has 6 heteroatoms. The van der Waals surface area contributed by atoms with Crippen LogP contribution in [0.3, 0.4) is 0 Å². The van der Waals surface area contributed by atoms with Gasteiger partial charge in [-0.15, -0.1) is 0 Å². The first-order valence-electron chi connectivity index (χ1n) is 8.56. The summed E-state index contributed by atoms with van der Waals surface area (Å²) in [5, 5.41) is 3.49. The van der Waals surface area contributed by atoms with E-state index >= 15 is 0 Å². The van der Waals surface area contributed by atoms with Crippen molar-refractivity contribution in [1.29, 1.82) is 0 Å². The summed E-state index contributed by atoms with van der Waals surface area (Å²) in [6.07, 6.45) is 0.361. The molecule has 1 aromatic heterocycles. The monoisotopic (exact) mass is 366 g/mol. The Morgan fingerprint density at radius 3 is 2.63 bits per heavy atom. The van der Waals surface area contributed by atoms with Crippen molar-refractivity contribution < 1.29 is 14.0 Å².